The third kappa shape index (κ3) is 4.85. The van der Waals surface area contributed by atoms with Gasteiger partial charge in [-0.25, -0.2) is 18.7 Å². The Morgan fingerprint density at radius 3 is 2.23 bits per heavy atom. The number of ether oxygens (including phenoxy) is 1. The molecule has 1 fully saturated rings. The van der Waals surface area contributed by atoms with Crippen LogP contribution in [0.1, 0.15) is 67.9 Å². The summed E-state index contributed by atoms with van der Waals surface area (Å²) in [5.74, 6) is -0.0706. The van der Waals surface area contributed by atoms with E-state index in [4.69, 9.17) is 4.74 Å². The molecule has 0 radical (unpaired) electrons. The molecule has 0 saturated heterocycles. The maximum atomic E-state index is 13.3. The van der Waals surface area contributed by atoms with E-state index in [2.05, 4.69) is 22.3 Å². The van der Waals surface area contributed by atoms with Gasteiger partial charge < -0.3 is 4.74 Å². The first-order valence-corrected chi connectivity index (χ1v) is 11.9. The maximum Gasteiger partial charge on any atom is 0.343 e. The Morgan fingerprint density at radius 1 is 1.09 bits per heavy atom. The predicted molar refractivity (Wildman–Crippen MR) is 129 cm³/mol. The molecular formula is C27H31F2N3O3. The van der Waals surface area contributed by atoms with Crippen LogP contribution >= 0.6 is 0 Å². The summed E-state index contributed by atoms with van der Waals surface area (Å²) in [7, 11) is 0. The molecule has 0 aliphatic heterocycles. The highest BCUT2D eigenvalue weighted by Gasteiger charge is 2.48. The quantitative estimate of drug-likeness (QED) is 0.460. The maximum absolute atomic E-state index is 13.3. The SMILES string of the molecule is CC(=O)[C@]1(n2cn[nH]c2=O)CC[C@@](CO[C@H](C)c2cc(CF)cc(CF)c2)(c2ccccc2)CC1. The zero-order chi connectivity index (χ0) is 25.1. The van der Waals surface area contributed by atoms with Crippen LogP contribution in [-0.4, -0.2) is 27.2 Å². The summed E-state index contributed by atoms with van der Waals surface area (Å²) >= 11 is 0. The predicted octanol–water partition coefficient (Wildman–Crippen LogP) is 5.08. The average Bonchev–Trinajstić information content (AvgIpc) is 3.33. The molecule has 186 valence electrons. The lowest BCUT2D eigenvalue weighted by Gasteiger charge is -2.46. The summed E-state index contributed by atoms with van der Waals surface area (Å²) in [6, 6.07) is 15.0. The van der Waals surface area contributed by atoms with Crippen molar-refractivity contribution in [2.45, 2.75) is 69.9 Å². The van der Waals surface area contributed by atoms with E-state index in [1.165, 1.54) is 23.9 Å². The third-order valence-corrected chi connectivity index (χ3v) is 7.55. The average molecular weight is 484 g/mol. The number of hydrogen-bond donors (Lipinski definition) is 1. The molecule has 4 rings (SSSR count). The van der Waals surface area contributed by atoms with Gasteiger partial charge in [-0.3, -0.25) is 9.36 Å². The lowest BCUT2D eigenvalue weighted by Crippen LogP contribution is -2.51. The van der Waals surface area contributed by atoms with Crippen LogP contribution in [0.25, 0.3) is 0 Å². The summed E-state index contributed by atoms with van der Waals surface area (Å²) in [6.07, 6.45) is 3.22. The number of carbonyl (C=O) groups is 1. The molecule has 0 amide bonds. The van der Waals surface area contributed by atoms with Crippen molar-refractivity contribution in [3.63, 3.8) is 0 Å². The Balaban J connectivity index is 1.61. The van der Waals surface area contributed by atoms with Gasteiger partial charge in [0.1, 0.15) is 25.2 Å². The van der Waals surface area contributed by atoms with Gasteiger partial charge in [-0.2, -0.15) is 5.10 Å². The fourth-order valence-corrected chi connectivity index (χ4v) is 5.33. The summed E-state index contributed by atoms with van der Waals surface area (Å²) in [5.41, 5.74) is 0.979. The number of aromatic nitrogens is 3. The van der Waals surface area contributed by atoms with Crippen LogP contribution in [0.15, 0.2) is 59.7 Å². The van der Waals surface area contributed by atoms with Gasteiger partial charge in [-0.1, -0.05) is 48.5 Å². The van der Waals surface area contributed by atoms with Crippen LogP contribution in [0.3, 0.4) is 0 Å². The van der Waals surface area contributed by atoms with Crippen LogP contribution in [0.5, 0.6) is 0 Å². The van der Waals surface area contributed by atoms with Crippen molar-refractivity contribution in [3.8, 4) is 0 Å². The van der Waals surface area contributed by atoms with Crippen LogP contribution < -0.4 is 5.69 Å². The Kier molecular flexibility index (Phi) is 7.31. The number of halogens is 2. The minimum absolute atomic E-state index is 0.0706. The van der Waals surface area contributed by atoms with E-state index in [9.17, 15) is 18.4 Å². The van der Waals surface area contributed by atoms with Gasteiger partial charge in [0, 0.05) is 5.41 Å². The van der Waals surface area contributed by atoms with Crippen molar-refractivity contribution in [1.29, 1.82) is 0 Å². The standard InChI is InChI=1S/C27H31F2N3O3/c1-19(23-13-21(15-28)12-22(14-23)16-29)35-17-26(24-6-4-3-5-7-24)8-10-27(11-9-26,20(2)33)32-18-30-31-25(32)34/h3-7,12-14,18-19H,8-11,15-17H2,1-2H3,(H,31,34)/t19-,26-,27+/m1/s1. The number of hydrogen-bond acceptors (Lipinski definition) is 4. The largest absolute Gasteiger partial charge is 0.373 e. The van der Waals surface area contributed by atoms with Crippen molar-refractivity contribution in [1.82, 2.24) is 14.8 Å². The zero-order valence-corrected chi connectivity index (χ0v) is 20.1. The number of aromatic amines is 1. The molecule has 0 unspecified atom stereocenters. The molecule has 1 atom stereocenters. The minimum atomic E-state index is -0.945. The second-order valence-corrected chi connectivity index (χ2v) is 9.57. The minimum Gasteiger partial charge on any atom is -0.373 e. The molecule has 8 heteroatoms. The Morgan fingerprint density at radius 2 is 1.71 bits per heavy atom. The van der Waals surface area contributed by atoms with E-state index in [1.807, 2.05) is 25.1 Å². The van der Waals surface area contributed by atoms with Gasteiger partial charge in [0.05, 0.1) is 12.7 Å². The van der Waals surface area contributed by atoms with Crippen molar-refractivity contribution in [2.24, 2.45) is 0 Å². The van der Waals surface area contributed by atoms with Crippen LogP contribution in [0, 0.1) is 0 Å². The molecule has 6 nitrogen and oxygen atoms in total. The summed E-state index contributed by atoms with van der Waals surface area (Å²) in [5, 5.41) is 6.24. The summed E-state index contributed by atoms with van der Waals surface area (Å²) in [4.78, 5) is 25.1. The Labute approximate surface area is 203 Å². The molecule has 1 aliphatic rings. The first kappa shape index (κ1) is 25.0. The molecule has 35 heavy (non-hydrogen) atoms. The van der Waals surface area contributed by atoms with Crippen LogP contribution in [-0.2, 0) is 33.8 Å². The van der Waals surface area contributed by atoms with Crippen LogP contribution in [0.2, 0.25) is 0 Å². The van der Waals surface area contributed by atoms with E-state index < -0.39 is 24.6 Å². The third-order valence-electron chi connectivity index (χ3n) is 7.55. The monoisotopic (exact) mass is 483 g/mol. The van der Waals surface area contributed by atoms with E-state index in [-0.39, 0.29) is 17.3 Å². The highest BCUT2D eigenvalue weighted by molar-refractivity contribution is 5.84. The van der Waals surface area contributed by atoms with Gasteiger partial charge in [0.25, 0.3) is 0 Å². The second-order valence-electron chi connectivity index (χ2n) is 9.57. The topological polar surface area (TPSA) is 77.0 Å². The number of alkyl halides is 2. The highest BCUT2D eigenvalue weighted by atomic mass is 19.1. The fourth-order valence-electron chi connectivity index (χ4n) is 5.33. The van der Waals surface area contributed by atoms with E-state index >= 15 is 0 Å². The lowest BCUT2D eigenvalue weighted by molar-refractivity contribution is -0.128. The number of H-pyrrole nitrogens is 1. The molecule has 3 aromatic rings. The Hall–Kier alpha value is -3.13. The van der Waals surface area contributed by atoms with Crippen molar-refractivity contribution in [3.05, 3.63) is 87.6 Å². The van der Waals surface area contributed by atoms with Crippen LogP contribution in [0.4, 0.5) is 8.78 Å². The molecule has 1 aliphatic carbocycles. The molecule has 1 aromatic heterocycles. The van der Waals surface area contributed by atoms with Crippen molar-refractivity contribution in [2.75, 3.05) is 6.61 Å². The number of ketones is 1. The number of rotatable bonds is 9. The fraction of sp³-hybridized carbons (Fsp3) is 0.444. The van der Waals surface area contributed by atoms with Gasteiger partial charge >= 0.3 is 5.69 Å². The molecule has 1 N–H and O–H groups in total. The second kappa shape index (κ2) is 10.2. The smallest absolute Gasteiger partial charge is 0.343 e. The van der Waals surface area contributed by atoms with Crippen molar-refractivity contribution < 1.29 is 18.3 Å². The van der Waals surface area contributed by atoms with E-state index in [1.54, 1.807) is 12.1 Å². The molecular weight excluding hydrogens is 452 g/mol. The van der Waals surface area contributed by atoms with E-state index in [0.717, 1.165) is 11.1 Å². The summed E-state index contributed by atoms with van der Waals surface area (Å²) in [6.45, 7) is 2.45. The van der Waals surface area contributed by atoms with Gasteiger partial charge in [0.2, 0.25) is 0 Å². The number of nitrogens with one attached hydrogen (secondary N) is 1. The molecule has 0 spiro atoms. The number of benzene rings is 2. The van der Waals surface area contributed by atoms with E-state index in [0.29, 0.717) is 43.4 Å². The highest BCUT2D eigenvalue weighted by Crippen LogP contribution is 2.47. The molecule has 1 heterocycles. The van der Waals surface area contributed by atoms with Gasteiger partial charge in [-0.15, -0.1) is 0 Å². The number of nitrogens with zero attached hydrogens (tertiary/aromatic N) is 2. The molecule has 0 bridgehead atoms. The Bertz CT molecular complexity index is 1190. The molecule has 2 aromatic carbocycles. The summed E-state index contributed by atoms with van der Waals surface area (Å²) < 4.78 is 34.4. The van der Waals surface area contributed by atoms with Gasteiger partial charge in [0.15, 0.2) is 5.78 Å². The first-order chi connectivity index (χ1) is 16.8. The zero-order valence-electron chi connectivity index (χ0n) is 20.1. The number of Topliss-reactive ketones (excluding diaryl/α,β-unsaturated/α-hetero) is 1. The molecule has 1 saturated carbocycles. The number of carbonyl (C=O) groups excluding carboxylic acids is 1. The van der Waals surface area contributed by atoms with Crippen molar-refractivity contribution >= 4 is 5.78 Å². The lowest BCUT2D eigenvalue weighted by atomic mass is 9.63. The normalized spacial score (nSPS) is 23.2. The first-order valence-electron chi connectivity index (χ1n) is 11.9. The van der Waals surface area contributed by atoms with Gasteiger partial charge in [-0.05, 0) is 61.8 Å².